The maximum atomic E-state index is 12.7. The van der Waals surface area contributed by atoms with Crippen molar-refractivity contribution < 1.29 is 22.8 Å². The highest BCUT2D eigenvalue weighted by molar-refractivity contribution is 6.00. The standard InChI is InChI=1S/C9H10F3NO2/c10-9(11,12)8(2-3-8)13-4-1-6(14)5-7(13)15/h1-5H2. The molecule has 0 aromatic carbocycles. The molecule has 1 aliphatic heterocycles. The molecule has 1 aliphatic carbocycles. The molecule has 2 fully saturated rings. The summed E-state index contributed by atoms with van der Waals surface area (Å²) in [5, 5.41) is 0. The van der Waals surface area contributed by atoms with E-state index in [1.165, 1.54) is 0 Å². The molecular formula is C9H10F3NO2. The molecule has 1 saturated heterocycles. The van der Waals surface area contributed by atoms with E-state index in [2.05, 4.69) is 0 Å². The van der Waals surface area contributed by atoms with Gasteiger partial charge in [0.25, 0.3) is 0 Å². The zero-order valence-electron chi connectivity index (χ0n) is 7.93. The van der Waals surface area contributed by atoms with Crippen molar-refractivity contribution in [3.63, 3.8) is 0 Å². The van der Waals surface area contributed by atoms with Gasteiger partial charge in [0, 0.05) is 13.0 Å². The van der Waals surface area contributed by atoms with E-state index >= 15 is 0 Å². The van der Waals surface area contributed by atoms with Crippen LogP contribution in [0.3, 0.4) is 0 Å². The maximum absolute atomic E-state index is 12.7. The molecule has 2 aliphatic rings. The highest BCUT2D eigenvalue weighted by atomic mass is 19.4. The van der Waals surface area contributed by atoms with Crippen LogP contribution in [-0.4, -0.2) is 34.9 Å². The first-order chi connectivity index (χ1) is 6.87. The van der Waals surface area contributed by atoms with Gasteiger partial charge in [0.05, 0.1) is 6.42 Å². The summed E-state index contributed by atoms with van der Waals surface area (Å²) in [6, 6.07) is 0. The Balaban J connectivity index is 2.18. The molecule has 0 atom stereocenters. The van der Waals surface area contributed by atoms with Gasteiger partial charge in [0.2, 0.25) is 5.91 Å². The normalized spacial score (nSPS) is 25.7. The molecule has 0 radical (unpaired) electrons. The van der Waals surface area contributed by atoms with E-state index in [9.17, 15) is 22.8 Å². The van der Waals surface area contributed by atoms with Gasteiger partial charge in [0.15, 0.2) is 0 Å². The predicted molar refractivity (Wildman–Crippen MR) is 44.0 cm³/mol. The Morgan fingerprint density at radius 3 is 2.20 bits per heavy atom. The molecule has 6 heteroatoms. The first-order valence-corrected chi connectivity index (χ1v) is 4.76. The largest absolute Gasteiger partial charge is 0.411 e. The number of likely N-dealkylation sites (tertiary alicyclic amines) is 1. The molecule has 2 rings (SSSR count). The monoisotopic (exact) mass is 221 g/mol. The Morgan fingerprint density at radius 2 is 1.80 bits per heavy atom. The Kier molecular flexibility index (Phi) is 2.06. The quantitative estimate of drug-likeness (QED) is 0.625. The van der Waals surface area contributed by atoms with Crippen LogP contribution in [0.4, 0.5) is 13.2 Å². The van der Waals surface area contributed by atoms with Crippen molar-refractivity contribution in [1.82, 2.24) is 4.90 Å². The van der Waals surface area contributed by atoms with E-state index < -0.39 is 17.6 Å². The second-order valence-electron chi connectivity index (χ2n) is 4.04. The predicted octanol–water partition coefficient (Wildman–Crippen LogP) is 1.27. The van der Waals surface area contributed by atoms with Gasteiger partial charge in [0.1, 0.15) is 11.3 Å². The zero-order chi connectivity index (χ0) is 11.3. The molecule has 0 unspecified atom stereocenters. The molecular weight excluding hydrogens is 211 g/mol. The molecule has 0 N–H and O–H groups in total. The highest BCUT2D eigenvalue weighted by Crippen LogP contribution is 2.54. The number of hydrogen-bond donors (Lipinski definition) is 0. The van der Waals surface area contributed by atoms with Gasteiger partial charge in [-0.05, 0) is 12.8 Å². The van der Waals surface area contributed by atoms with Crippen molar-refractivity contribution in [1.29, 1.82) is 0 Å². The molecule has 1 heterocycles. The number of piperidine rings is 1. The van der Waals surface area contributed by atoms with E-state index in [4.69, 9.17) is 0 Å². The van der Waals surface area contributed by atoms with Crippen LogP contribution >= 0.6 is 0 Å². The molecule has 1 saturated carbocycles. The summed E-state index contributed by atoms with van der Waals surface area (Å²) in [4.78, 5) is 23.1. The highest BCUT2D eigenvalue weighted by Gasteiger charge is 2.68. The lowest BCUT2D eigenvalue weighted by Gasteiger charge is -2.35. The average molecular weight is 221 g/mol. The third-order valence-corrected chi connectivity index (χ3v) is 3.03. The number of alkyl halides is 3. The number of halogens is 3. The van der Waals surface area contributed by atoms with Crippen LogP contribution in [0.25, 0.3) is 0 Å². The van der Waals surface area contributed by atoms with Crippen molar-refractivity contribution >= 4 is 11.7 Å². The number of ketones is 1. The number of rotatable bonds is 1. The van der Waals surface area contributed by atoms with Gasteiger partial charge in [-0.1, -0.05) is 0 Å². The Morgan fingerprint density at radius 1 is 1.20 bits per heavy atom. The number of carbonyl (C=O) groups excluding carboxylic acids is 2. The molecule has 0 bridgehead atoms. The van der Waals surface area contributed by atoms with E-state index in [1.54, 1.807) is 0 Å². The van der Waals surface area contributed by atoms with E-state index in [0.717, 1.165) is 4.90 Å². The molecule has 84 valence electrons. The van der Waals surface area contributed by atoms with Crippen molar-refractivity contribution in [3.05, 3.63) is 0 Å². The second-order valence-corrected chi connectivity index (χ2v) is 4.04. The van der Waals surface area contributed by atoms with Crippen molar-refractivity contribution in [2.75, 3.05) is 6.54 Å². The summed E-state index contributed by atoms with van der Waals surface area (Å²) in [6.45, 7) is -0.0861. The summed E-state index contributed by atoms with van der Waals surface area (Å²) in [7, 11) is 0. The number of hydrogen-bond acceptors (Lipinski definition) is 2. The fraction of sp³-hybridized carbons (Fsp3) is 0.778. The minimum absolute atomic E-state index is 0.0313. The van der Waals surface area contributed by atoms with Crippen molar-refractivity contribution in [2.45, 2.75) is 37.4 Å². The van der Waals surface area contributed by atoms with Gasteiger partial charge < -0.3 is 4.90 Å². The lowest BCUT2D eigenvalue weighted by atomic mass is 10.0. The molecule has 0 spiro atoms. The Hall–Kier alpha value is -1.07. The average Bonchev–Trinajstić information content (AvgIpc) is 2.83. The van der Waals surface area contributed by atoms with Gasteiger partial charge in [-0.15, -0.1) is 0 Å². The first kappa shape index (κ1) is 10.4. The summed E-state index contributed by atoms with van der Waals surface area (Å²) in [6.07, 6.45) is -4.77. The van der Waals surface area contributed by atoms with Crippen LogP contribution in [0.15, 0.2) is 0 Å². The fourth-order valence-corrected chi connectivity index (χ4v) is 1.99. The number of Topliss-reactive ketones (excluding diaryl/α,β-unsaturated/α-hetero) is 1. The Labute approximate surface area is 84.2 Å². The van der Waals surface area contributed by atoms with Crippen molar-refractivity contribution in [3.8, 4) is 0 Å². The van der Waals surface area contributed by atoms with Crippen LogP contribution in [0, 0.1) is 0 Å². The number of nitrogens with zero attached hydrogens (tertiary/aromatic N) is 1. The number of carbonyl (C=O) groups is 2. The van der Waals surface area contributed by atoms with E-state index in [1.807, 2.05) is 0 Å². The van der Waals surface area contributed by atoms with Crippen LogP contribution in [-0.2, 0) is 9.59 Å². The smallest absolute Gasteiger partial charge is 0.327 e. The maximum Gasteiger partial charge on any atom is 0.411 e. The Bertz CT molecular complexity index is 320. The van der Waals surface area contributed by atoms with Crippen molar-refractivity contribution in [2.24, 2.45) is 0 Å². The minimum Gasteiger partial charge on any atom is -0.327 e. The van der Waals surface area contributed by atoms with E-state index in [0.29, 0.717) is 0 Å². The molecule has 3 nitrogen and oxygen atoms in total. The summed E-state index contributed by atoms with van der Waals surface area (Å²) in [5.41, 5.74) is -1.95. The van der Waals surface area contributed by atoms with Gasteiger partial charge in [-0.3, -0.25) is 9.59 Å². The lowest BCUT2D eigenvalue weighted by molar-refractivity contribution is -0.202. The lowest BCUT2D eigenvalue weighted by Crippen LogP contribution is -2.54. The van der Waals surface area contributed by atoms with Crippen LogP contribution in [0.2, 0.25) is 0 Å². The van der Waals surface area contributed by atoms with Crippen LogP contribution in [0.5, 0.6) is 0 Å². The third kappa shape index (κ3) is 1.52. The summed E-state index contributed by atoms with van der Waals surface area (Å²) < 4.78 is 38.0. The summed E-state index contributed by atoms with van der Waals surface area (Å²) >= 11 is 0. The first-order valence-electron chi connectivity index (χ1n) is 4.76. The van der Waals surface area contributed by atoms with Gasteiger partial charge in [-0.25, -0.2) is 0 Å². The topological polar surface area (TPSA) is 37.4 Å². The zero-order valence-corrected chi connectivity index (χ0v) is 7.93. The summed E-state index contributed by atoms with van der Waals surface area (Å²) in [5.74, 6) is -0.949. The molecule has 0 aromatic rings. The second kappa shape index (κ2) is 2.96. The minimum atomic E-state index is -4.37. The number of amides is 1. The SMILES string of the molecule is O=C1CCN(C2(C(F)(F)F)CC2)C(=O)C1. The van der Waals surface area contributed by atoms with Gasteiger partial charge >= 0.3 is 6.18 Å². The fourth-order valence-electron chi connectivity index (χ4n) is 1.99. The molecule has 1 amide bonds. The van der Waals surface area contributed by atoms with E-state index in [-0.39, 0.29) is 38.0 Å². The third-order valence-electron chi connectivity index (χ3n) is 3.03. The molecule has 15 heavy (non-hydrogen) atoms. The van der Waals surface area contributed by atoms with Crippen LogP contribution in [0.1, 0.15) is 25.7 Å². The van der Waals surface area contributed by atoms with Gasteiger partial charge in [-0.2, -0.15) is 13.2 Å². The van der Waals surface area contributed by atoms with Crippen LogP contribution < -0.4 is 0 Å². The molecule has 0 aromatic heterocycles.